The molecule has 172 valence electrons. The number of anilines is 1. The Labute approximate surface area is 195 Å². The highest BCUT2D eigenvalue weighted by molar-refractivity contribution is 7.92. The Hall–Kier alpha value is -3.32. The molecule has 1 aliphatic rings. The van der Waals surface area contributed by atoms with Gasteiger partial charge in [0.1, 0.15) is 5.75 Å². The molecule has 1 aliphatic heterocycles. The molecule has 0 aliphatic carbocycles. The highest BCUT2D eigenvalue weighted by Gasteiger charge is 2.37. The van der Waals surface area contributed by atoms with Gasteiger partial charge in [0.25, 0.3) is 15.9 Å². The lowest BCUT2D eigenvalue weighted by Gasteiger charge is -2.35. The fraction of sp³-hybridized carbons (Fsp3) is 0.269. The molecular weight excluding hydrogens is 436 g/mol. The van der Waals surface area contributed by atoms with Crippen molar-refractivity contribution in [3.63, 3.8) is 0 Å². The van der Waals surface area contributed by atoms with Crippen molar-refractivity contribution in [2.75, 3.05) is 17.4 Å². The van der Waals surface area contributed by atoms with Crippen LogP contribution in [0.3, 0.4) is 0 Å². The third-order valence-electron chi connectivity index (χ3n) is 5.84. The van der Waals surface area contributed by atoms with Crippen molar-refractivity contribution in [3.8, 4) is 5.75 Å². The number of fused-ring (bicyclic) bond motifs is 1. The van der Waals surface area contributed by atoms with Crippen LogP contribution in [0.5, 0.6) is 5.75 Å². The molecule has 0 spiro atoms. The van der Waals surface area contributed by atoms with Crippen molar-refractivity contribution in [1.29, 1.82) is 0 Å². The van der Waals surface area contributed by atoms with Crippen molar-refractivity contribution < 1.29 is 17.9 Å². The predicted octanol–water partition coefficient (Wildman–Crippen LogP) is 4.18. The first-order chi connectivity index (χ1) is 15.8. The van der Waals surface area contributed by atoms with Crippen LogP contribution in [-0.2, 0) is 14.8 Å². The van der Waals surface area contributed by atoms with E-state index in [-0.39, 0.29) is 23.3 Å². The summed E-state index contributed by atoms with van der Waals surface area (Å²) in [4.78, 5) is 13.2. The molecule has 1 amide bonds. The number of ether oxygens (including phenoxy) is 1. The number of carbonyl (C=O) groups excluding carboxylic acids is 1. The standard InChI is InChI=1S/C26H28N2O4S/c1-18-9-12-22(13-10-18)33(30,31)28-17-25(32-24-14-11-19(2)15-23(24)28)26(29)27-16-20(3)21-7-5-4-6-8-21/h4-15,20,25H,16-17H2,1-3H3,(H,27,29)/t20-,25-/m1/s1. The van der Waals surface area contributed by atoms with Gasteiger partial charge in [0.15, 0.2) is 6.10 Å². The third-order valence-corrected chi connectivity index (χ3v) is 7.63. The lowest BCUT2D eigenvalue weighted by atomic mass is 10.0. The highest BCUT2D eigenvalue weighted by Crippen LogP contribution is 2.37. The second-order valence-electron chi connectivity index (χ2n) is 8.48. The molecule has 1 heterocycles. The molecule has 0 saturated heterocycles. The largest absolute Gasteiger partial charge is 0.476 e. The van der Waals surface area contributed by atoms with Crippen LogP contribution in [0.15, 0.2) is 77.7 Å². The number of hydrogen-bond acceptors (Lipinski definition) is 4. The fourth-order valence-electron chi connectivity index (χ4n) is 3.83. The number of amides is 1. The topological polar surface area (TPSA) is 75.7 Å². The van der Waals surface area contributed by atoms with E-state index in [0.29, 0.717) is 18.0 Å². The maximum atomic E-state index is 13.5. The quantitative estimate of drug-likeness (QED) is 0.594. The number of sulfonamides is 1. The van der Waals surface area contributed by atoms with Gasteiger partial charge in [-0.2, -0.15) is 0 Å². The molecule has 4 rings (SSSR count). The summed E-state index contributed by atoms with van der Waals surface area (Å²) in [5.41, 5.74) is 3.43. The summed E-state index contributed by atoms with van der Waals surface area (Å²) in [5, 5.41) is 2.93. The van der Waals surface area contributed by atoms with Gasteiger partial charge in [-0.3, -0.25) is 9.10 Å². The Balaban J connectivity index is 1.58. The summed E-state index contributed by atoms with van der Waals surface area (Å²) >= 11 is 0. The Morgan fingerprint density at radius 2 is 1.70 bits per heavy atom. The number of benzene rings is 3. The van der Waals surface area contributed by atoms with E-state index in [0.717, 1.165) is 16.7 Å². The first kappa shape index (κ1) is 22.9. The van der Waals surface area contributed by atoms with Gasteiger partial charge in [0, 0.05) is 6.54 Å². The molecule has 3 aromatic rings. The minimum absolute atomic E-state index is 0.0990. The zero-order chi connectivity index (χ0) is 23.6. The van der Waals surface area contributed by atoms with Gasteiger partial charge in [-0.05, 0) is 55.2 Å². The Kier molecular flexibility index (Phi) is 6.42. The van der Waals surface area contributed by atoms with Gasteiger partial charge in [0.2, 0.25) is 0 Å². The SMILES string of the molecule is Cc1ccc(S(=O)(=O)N2C[C@H](C(=O)NC[C@@H](C)c3ccccc3)Oc3ccc(C)cc32)cc1. The van der Waals surface area contributed by atoms with Crippen molar-refractivity contribution in [2.24, 2.45) is 0 Å². The molecule has 0 radical (unpaired) electrons. The number of rotatable bonds is 6. The summed E-state index contributed by atoms with van der Waals surface area (Å²) in [7, 11) is -3.88. The predicted molar refractivity (Wildman–Crippen MR) is 129 cm³/mol. The lowest BCUT2D eigenvalue weighted by molar-refractivity contribution is -0.127. The fourth-order valence-corrected chi connectivity index (χ4v) is 5.30. The molecule has 2 atom stereocenters. The molecule has 0 bridgehead atoms. The molecule has 6 nitrogen and oxygen atoms in total. The highest BCUT2D eigenvalue weighted by atomic mass is 32.2. The minimum atomic E-state index is -3.88. The molecule has 33 heavy (non-hydrogen) atoms. The Morgan fingerprint density at radius 1 is 1.03 bits per heavy atom. The second kappa shape index (κ2) is 9.27. The number of aryl methyl sites for hydroxylation is 2. The first-order valence-corrected chi connectivity index (χ1v) is 12.4. The summed E-state index contributed by atoms with van der Waals surface area (Å²) in [6.07, 6.45) is -0.955. The van der Waals surface area contributed by atoms with Gasteiger partial charge in [-0.1, -0.05) is 61.0 Å². The first-order valence-electron chi connectivity index (χ1n) is 10.9. The monoisotopic (exact) mass is 464 g/mol. The van der Waals surface area contributed by atoms with Crippen molar-refractivity contribution in [1.82, 2.24) is 5.32 Å². The van der Waals surface area contributed by atoms with Crippen molar-refractivity contribution >= 4 is 21.6 Å². The zero-order valence-corrected chi connectivity index (χ0v) is 19.8. The minimum Gasteiger partial charge on any atom is -0.476 e. The molecule has 0 saturated carbocycles. The molecule has 0 unspecified atom stereocenters. The molecule has 1 N–H and O–H groups in total. The van der Waals surface area contributed by atoms with Crippen molar-refractivity contribution in [2.45, 2.75) is 37.7 Å². The number of nitrogens with zero attached hydrogens (tertiary/aromatic N) is 1. The number of hydrogen-bond donors (Lipinski definition) is 1. The van der Waals surface area contributed by atoms with Gasteiger partial charge in [0.05, 0.1) is 17.1 Å². The van der Waals surface area contributed by atoms with Crippen LogP contribution in [0.1, 0.15) is 29.5 Å². The van der Waals surface area contributed by atoms with Crippen LogP contribution in [0.2, 0.25) is 0 Å². The third kappa shape index (κ3) is 4.88. The van der Waals surface area contributed by atoms with Gasteiger partial charge >= 0.3 is 0 Å². The van der Waals surface area contributed by atoms with E-state index >= 15 is 0 Å². The number of carbonyl (C=O) groups is 1. The van der Waals surface area contributed by atoms with E-state index in [9.17, 15) is 13.2 Å². The normalized spacial score (nSPS) is 16.5. The lowest BCUT2D eigenvalue weighted by Crippen LogP contribution is -2.51. The Bertz CT molecular complexity index is 1240. The van der Waals surface area contributed by atoms with Crippen LogP contribution in [0, 0.1) is 13.8 Å². The second-order valence-corrected chi connectivity index (χ2v) is 10.3. The van der Waals surface area contributed by atoms with Gasteiger partial charge in [-0.15, -0.1) is 0 Å². The average Bonchev–Trinajstić information content (AvgIpc) is 2.82. The van der Waals surface area contributed by atoms with Gasteiger partial charge in [-0.25, -0.2) is 8.42 Å². The Morgan fingerprint density at radius 3 is 2.39 bits per heavy atom. The molecule has 0 aromatic heterocycles. The van der Waals surface area contributed by atoms with Gasteiger partial charge < -0.3 is 10.1 Å². The van der Waals surface area contributed by atoms with Crippen LogP contribution in [0.25, 0.3) is 0 Å². The van der Waals surface area contributed by atoms with Crippen LogP contribution in [0.4, 0.5) is 5.69 Å². The maximum Gasteiger partial charge on any atom is 0.264 e. The van der Waals surface area contributed by atoms with E-state index in [1.165, 1.54) is 4.31 Å². The van der Waals surface area contributed by atoms with Crippen molar-refractivity contribution in [3.05, 3.63) is 89.5 Å². The van der Waals surface area contributed by atoms with Crippen LogP contribution >= 0.6 is 0 Å². The molecule has 7 heteroatoms. The average molecular weight is 465 g/mol. The molecular formula is C26H28N2O4S. The molecule has 0 fully saturated rings. The van der Waals surface area contributed by atoms with E-state index in [2.05, 4.69) is 5.32 Å². The molecule has 3 aromatic carbocycles. The maximum absolute atomic E-state index is 13.5. The number of nitrogens with one attached hydrogen (secondary N) is 1. The van der Waals surface area contributed by atoms with E-state index in [4.69, 9.17) is 4.74 Å². The van der Waals surface area contributed by atoms with Crippen LogP contribution < -0.4 is 14.4 Å². The van der Waals surface area contributed by atoms with E-state index in [1.807, 2.05) is 57.2 Å². The van der Waals surface area contributed by atoms with E-state index < -0.39 is 16.1 Å². The van der Waals surface area contributed by atoms with E-state index in [1.54, 1.807) is 36.4 Å². The summed E-state index contributed by atoms with van der Waals surface area (Å²) in [5.74, 6) is 0.146. The summed E-state index contributed by atoms with van der Waals surface area (Å²) in [6.45, 7) is 6.15. The summed E-state index contributed by atoms with van der Waals surface area (Å²) in [6, 6.07) is 21.9. The zero-order valence-electron chi connectivity index (χ0n) is 19.0. The van der Waals surface area contributed by atoms with Crippen LogP contribution in [-0.4, -0.2) is 33.5 Å². The summed E-state index contributed by atoms with van der Waals surface area (Å²) < 4.78 is 34.3. The smallest absolute Gasteiger partial charge is 0.264 e.